The summed E-state index contributed by atoms with van der Waals surface area (Å²) in [5, 5.41) is 10.0. The number of carbonyl (C=O) groups is 1. The van der Waals surface area contributed by atoms with Gasteiger partial charge in [0.15, 0.2) is 11.6 Å². The van der Waals surface area contributed by atoms with Crippen LogP contribution in [0.1, 0.15) is 12.8 Å². The van der Waals surface area contributed by atoms with Crippen LogP contribution < -0.4 is 9.64 Å². The number of halogens is 1. The molecule has 3 rings (SSSR count). The van der Waals surface area contributed by atoms with E-state index in [4.69, 9.17) is 4.74 Å². The lowest BCUT2D eigenvalue weighted by Gasteiger charge is -2.25. The molecule has 1 aromatic heterocycles. The van der Waals surface area contributed by atoms with Crippen molar-refractivity contribution in [3.8, 4) is 5.75 Å². The molecule has 0 spiro atoms. The third-order valence-electron chi connectivity index (χ3n) is 3.84. The molecule has 110 valence electrons. The van der Waals surface area contributed by atoms with E-state index in [1.54, 1.807) is 18.3 Å². The number of anilines is 1. The molecule has 1 fully saturated rings. The lowest BCUT2D eigenvalue weighted by Crippen LogP contribution is -2.36. The third-order valence-corrected chi connectivity index (χ3v) is 3.84. The maximum atomic E-state index is 13.8. The zero-order valence-electron chi connectivity index (χ0n) is 11.5. The van der Waals surface area contributed by atoms with E-state index in [0.717, 1.165) is 12.1 Å². The van der Waals surface area contributed by atoms with Gasteiger partial charge in [-0.05, 0) is 25.0 Å². The van der Waals surface area contributed by atoms with Gasteiger partial charge in [-0.25, -0.2) is 9.18 Å². The normalized spacial score (nSPS) is 18.2. The highest BCUT2D eigenvalue weighted by Crippen LogP contribution is 2.34. The minimum absolute atomic E-state index is 0.128. The van der Waals surface area contributed by atoms with E-state index < -0.39 is 17.8 Å². The number of aromatic nitrogens is 1. The van der Waals surface area contributed by atoms with Crippen molar-refractivity contribution in [2.45, 2.75) is 18.9 Å². The van der Waals surface area contributed by atoms with Crippen molar-refractivity contribution in [1.82, 2.24) is 4.98 Å². The van der Waals surface area contributed by atoms with Crippen molar-refractivity contribution < 1.29 is 19.0 Å². The predicted octanol–water partition coefficient (Wildman–Crippen LogP) is 2.44. The maximum absolute atomic E-state index is 13.8. The van der Waals surface area contributed by atoms with Crippen LogP contribution in [0.15, 0.2) is 24.4 Å². The van der Waals surface area contributed by atoms with Gasteiger partial charge < -0.3 is 14.7 Å². The minimum atomic E-state index is -0.841. The molecule has 1 aliphatic rings. The van der Waals surface area contributed by atoms with Gasteiger partial charge in [0.05, 0.1) is 12.6 Å². The van der Waals surface area contributed by atoms with Crippen LogP contribution in [0.5, 0.6) is 5.75 Å². The first-order chi connectivity index (χ1) is 10.1. The van der Waals surface area contributed by atoms with Gasteiger partial charge in [0.2, 0.25) is 0 Å². The fourth-order valence-electron chi connectivity index (χ4n) is 2.85. The first-order valence-corrected chi connectivity index (χ1v) is 6.73. The number of nitrogens with zero attached hydrogens (tertiary/aromatic N) is 2. The van der Waals surface area contributed by atoms with E-state index in [-0.39, 0.29) is 5.75 Å². The van der Waals surface area contributed by atoms with Crippen molar-refractivity contribution in [1.29, 1.82) is 0 Å². The molecule has 2 heterocycles. The lowest BCUT2D eigenvalue weighted by molar-refractivity contribution is -0.138. The Morgan fingerprint density at radius 2 is 2.33 bits per heavy atom. The topological polar surface area (TPSA) is 62.7 Å². The van der Waals surface area contributed by atoms with Crippen LogP contribution in [0.2, 0.25) is 0 Å². The molecule has 0 amide bonds. The summed E-state index contributed by atoms with van der Waals surface area (Å²) in [7, 11) is 1.40. The Bertz CT molecular complexity index is 705. The summed E-state index contributed by atoms with van der Waals surface area (Å²) < 4.78 is 18.8. The summed E-state index contributed by atoms with van der Waals surface area (Å²) >= 11 is 0. The van der Waals surface area contributed by atoms with E-state index in [2.05, 4.69) is 4.98 Å². The highest BCUT2D eigenvalue weighted by atomic mass is 19.1. The fraction of sp³-hybridized carbons (Fsp3) is 0.333. The predicted molar refractivity (Wildman–Crippen MR) is 76.3 cm³/mol. The Labute approximate surface area is 121 Å². The molecule has 21 heavy (non-hydrogen) atoms. The number of pyridine rings is 1. The van der Waals surface area contributed by atoms with Crippen LogP contribution in [0, 0.1) is 5.82 Å². The molecule has 1 atom stereocenters. The first-order valence-electron chi connectivity index (χ1n) is 6.73. The van der Waals surface area contributed by atoms with Gasteiger partial charge in [0.1, 0.15) is 6.04 Å². The molecule has 1 N–H and O–H groups in total. The molecule has 0 radical (unpaired) electrons. The van der Waals surface area contributed by atoms with Crippen LogP contribution in [-0.4, -0.2) is 35.8 Å². The van der Waals surface area contributed by atoms with Crippen molar-refractivity contribution in [3.05, 3.63) is 30.2 Å². The van der Waals surface area contributed by atoms with Crippen LogP contribution in [-0.2, 0) is 4.79 Å². The van der Waals surface area contributed by atoms with E-state index in [1.807, 2.05) is 4.90 Å². The Kier molecular flexibility index (Phi) is 3.37. The molecule has 0 saturated carbocycles. The molecule has 2 aromatic rings. The van der Waals surface area contributed by atoms with Crippen LogP contribution in [0.4, 0.5) is 10.1 Å². The number of hydrogen-bond donors (Lipinski definition) is 1. The second-order valence-corrected chi connectivity index (χ2v) is 5.02. The molecule has 0 aliphatic carbocycles. The first kappa shape index (κ1) is 13.6. The molecular weight excluding hydrogens is 275 g/mol. The van der Waals surface area contributed by atoms with Crippen molar-refractivity contribution >= 4 is 22.6 Å². The Hall–Kier alpha value is -2.37. The lowest BCUT2D eigenvalue weighted by atomic mass is 10.1. The van der Waals surface area contributed by atoms with Gasteiger partial charge >= 0.3 is 5.97 Å². The molecule has 1 aromatic carbocycles. The standard InChI is InChI=1S/C15H15FN2O3/c1-21-14-7-9-11(8-10(14)16)17-5-4-12(9)18-6-2-3-13(18)15(19)20/h4-5,7-8,13H,2-3,6H2,1H3,(H,19,20)/t13-/m0/s1. The third kappa shape index (κ3) is 2.26. The zero-order chi connectivity index (χ0) is 15.0. The Balaban J connectivity index is 2.16. The van der Waals surface area contributed by atoms with Crippen LogP contribution >= 0.6 is 0 Å². The molecule has 1 saturated heterocycles. The summed E-state index contributed by atoms with van der Waals surface area (Å²) in [6, 6.07) is 4.10. The number of ether oxygens (including phenoxy) is 1. The van der Waals surface area contributed by atoms with Gasteiger partial charge in [-0.1, -0.05) is 0 Å². The maximum Gasteiger partial charge on any atom is 0.326 e. The van der Waals surface area contributed by atoms with Gasteiger partial charge in [-0.3, -0.25) is 4.98 Å². The van der Waals surface area contributed by atoms with Crippen molar-refractivity contribution in [2.75, 3.05) is 18.6 Å². The van der Waals surface area contributed by atoms with E-state index in [9.17, 15) is 14.3 Å². The SMILES string of the molecule is COc1cc2c(N3CCC[C@H]3C(=O)O)ccnc2cc1F. The average Bonchev–Trinajstić information content (AvgIpc) is 2.95. The van der Waals surface area contributed by atoms with Gasteiger partial charge in [-0.2, -0.15) is 0 Å². The molecule has 0 unspecified atom stereocenters. The summed E-state index contributed by atoms with van der Waals surface area (Å²) in [6.07, 6.45) is 3.00. The smallest absolute Gasteiger partial charge is 0.326 e. The Morgan fingerprint density at radius 3 is 3.05 bits per heavy atom. The number of hydrogen-bond acceptors (Lipinski definition) is 4. The number of benzene rings is 1. The quantitative estimate of drug-likeness (QED) is 0.940. The number of aliphatic carboxylic acids is 1. The molecular formula is C15H15FN2O3. The van der Waals surface area contributed by atoms with Crippen LogP contribution in [0.3, 0.4) is 0 Å². The summed E-state index contributed by atoms with van der Waals surface area (Å²) in [4.78, 5) is 17.3. The minimum Gasteiger partial charge on any atom is -0.494 e. The number of rotatable bonds is 3. The van der Waals surface area contributed by atoms with E-state index in [1.165, 1.54) is 13.2 Å². The monoisotopic (exact) mass is 290 g/mol. The summed E-state index contributed by atoms with van der Waals surface area (Å²) in [5.74, 6) is -1.19. The highest BCUT2D eigenvalue weighted by molar-refractivity contribution is 5.94. The van der Waals surface area contributed by atoms with Crippen molar-refractivity contribution in [3.63, 3.8) is 0 Å². The number of carboxylic acids is 1. The molecule has 0 bridgehead atoms. The van der Waals surface area contributed by atoms with Crippen LogP contribution in [0.25, 0.3) is 10.9 Å². The second-order valence-electron chi connectivity index (χ2n) is 5.02. The molecule has 5 nitrogen and oxygen atoms in total. The second kappa shape index (κ2) is 5.20. The summed E-state index contributed by atoms with van der Waals surface area (Å²) in [5.41, 5.74) is 1.24. The average molecular weight is 290 g/mol. The summed E-state index contributed by atoms with van der Waals surface area (Å²) in [6.45, 7) is 0.662. The van der Waals surface area contributed by atoms with Gasteiger partial charge in [0, 0.05) is 29.9 Å². The molecule has 1 aliphatic heterocycles. The number of methoxy groups -OCH3 is 1. The van der Waals surface area contributed by atoms with Gasteiger partial charge in [-0.15, -0.1) is 0 Å². The zero-order valence-corrected chi connectivity index (χ0v) is 11.5. The van der Waals surface area contributed by atoms with E-state index >= 15 is 0 Å². The highest BCUT2D eigenvalue weighted by Gasteiger charge is 2.31. The van der Waals surface area contributed by atoms with E-state index in [0.29, 0.717) is 23.9 Å². The number of fused-ring (bicyclic) bond motifs is 1. The largest absolute Gasteiger partial charge is 0.494 e. The number of carboxylic acid groups (broad SMARTS) is 1. The van der Waals surface area contributed by atoms with Crippen molar-refractivity contribution in [2.24, 2.45) is 0 Å². The fourth-order valence-corrected chi connectivity index (χ4v) is 2.85. The van der Waals surface area contributed by atoms with Gasteiger partial charge in [0.25, 0.3) is 0 Å². The Morgan fingerprint density at radius 1 is 1.52 bits per heavy atom. The molecule has 6 heteroatoms.